The van der Waals surface area contributed by atoms with E-state index in [1.807, 2.05) is 36.4 Å². The molecule has 0 aliphatic rings. The summed E-state index contributed by atoms with van der Waals surface area (Å²) in [6.07, 6.45) is 0. The number of hydrazine groups is 1. The van der Waals surface area contributed by atoms with Crippen molar-refractivity contribution in [3.63, 3.8) is 0 Å². The van der Waals surface area contributed by atoms with Crippen molar-refractivity contribution < 1.29 is 0 Å². The fourth-order valence-corrected chi connectivity index (χ4v) is 1.64. The first-order valence-corrected chi connectivity index (χ1v) is 4.34. The summed E-state index contributed by atoms with van der Waals surface area (Å²) < 4.78 is 0. The van der Waals surface area contributed by atoms with Crippen molar-refractivity contribution in [1.29, 1.82) is 0 Å². The van der Waals surface area contributed by atoms with Crippen LogP contribution in [0.15, 0.2) is 36.4 Å². The highest BCUT2D eigenvalue weighted by Gasteiger charge is 2.00. The van der Waals surface area contributed by atoms with Crippen LogP contribution in [-0.2, 0) is 0 Å². The van der Waals surface area contributed by atoms with Crippen molar-refractivity contribution >= 4 is 28.1 Å². The molecule has 0 aliphatic carbocycles. The maximum Gasteiger partial charge on any atom is 0.0564 e. The molecular formula is C10H9ClN2. The number of nitrogens with two attached hydrogens (primary N) is 1. The summed E-state index contributed by atoms with van der Waals surface area (Å²) in [5.41, 5.74) is 3.53. The van der Waals surface area contributed by atoms with Gasteiger partial charge in [-0.3, -0.25) is 5.84 Å². The molecule has 0 atom stereocenters. The molecule has 0 heterocycles. The second kappa shape index (κ2) is 3.24. The number of fused-ring (bicyclic) bond motifs is 1. The SMILES string of the molecule is NNc1cccc2c(Cl)cccc12. The van der Waals surface area contributed by atoms with E-state index in [0.29, 0.717) is 0 Å². The molecule has 0 saturated carbocycles. The van der Waals surface area contributed by atoms with E-state index in [9.17, 15) is 0 Å². The van der Waals surface area contributed by atoms with Gasteiger partial charge in [0.2, 0.25) is 0 Å². The third-order valence-electron chi connectivity index (χ3n) is 2.02. The second-order valence-corrected chi connectivity index (χ2v) is 3.19. The van der Waals surface area contributed by atoms with Gasteiger partial charge in [0.25, 0.3) is 0 Å². The Morgan fingerprint density at radius 1 is 1.00 bits per heavy atom. The Balaban J connectivity index is 2.84. The number of nitrogen functional groups attached to an aromatic ring is 1. The fraction of sp³-hybridized carbons (Fsp3) is 0. The lowest BCUT2D eigenvalue weighted by molar-refractivity contribution is 1.37. The molecule has 0 saturated heterocycles. The summed E-state index contributed by atoms with van der Waals surface area (Å²) in [6.45, 7) is 0. The zero-order valence-corrected chi connectivity index (χ0v) is 7.68. The molecule has 0 bridgehead atoms. The number of benzene rings is 2. The number of anilines is 1. The van der Waals surface area contributed by atoms with Gasteiger partial charge in [-0.25, -0.2) is 0 Å². The first-order chi connectivity index (χ1) is 6.33. The average Bonchev–Trinajstić information content (AvgIpc) is 2.18. The molecule has 0 amide bonds. The van der Waals surface area contributed by atoms with Gasteiger partial charge in [-0.15, -0.1) is 0 Å². The van der Waals surface area contributed by atoms with Crippen molar-refractivity contribution in [2.75, 3.05) is 5.43 Å². The van der Waals surface area contributed by atoms with Gasteiger partial charge in [0.05, 0.1) is 5.69 Å². The Morgan fingerprint density at radius 3 is 2.46 bits per heavy atom. The van der Waals surface area contributed by atoms with Crippen molar-refractivity contribution in [2.24, 2.45) is 5.84 Å². The van der Waals surface area contributed by atoms with Crippen LogP contribution in [-0.4, -0.2) is 0 Å². The predicted molar refractivity (Wildman–Crippen MR) is 56.8 cm³/mol. The van der Waals surface area contributed by atoms with Gasteiger partial charge >= 0.3 is 0 Å². The number of rotatable bonds is 1. The molecule has 2 rings (SSSR count). The van der Waals surface area contributed by atoms with E-state index in [2.05, 4.69) is 5.43 Å². The Morgan fingerprint density at radius 2 is 1.69 bits per heavy atom. The molecule has 0 spiro atoms. The fourth-order valence-electron chi connectivity index (χ4n) is 1.40. The van der Waals surface area contributed by atoms with Crippen molar-refractivity contribution in [2.45, 2.75) is 0 Å². The van der Waals surface area contributed by atoms with Gasteiger partial charge in [-0.05, 0) is 12.1 Å². The Labute approximate surface area is 81.3 Å². The highest BCUT2D eigenvalue weighted by Crippen LogP contribution is 2.28. The minimum atomic E-state index is 0.745. The normalized spacial score (nSPS) is 10.3. The van der Waals surface area contributed by atoms with Crippen LogP contribution >= 0.6 is 11.6 Å². The van der Waals surface area contributed by atoms with E-state index in [-0.39, 0.29) is 0 Å². The molecule has 2 nitrogen and oxygen atoms in total. The maximum absolute atomic E-state index is 6.02. The molecule has 3 heteroatoms. The standard InChI is InChI=1S/C10H9ClN2/c11-9-5-1-4-8-7(9)3-2-6-10(8)13-12/h1-6,13H,12H2. The van der Waals surface area contributed by atoms with E-state index < -0.39 is 0 Å². The Hall–Kier alpha value is -1.25. The highest BCUT2D eigenvalue weighted by atomic mass is 35.5. The first kappa shape index (κ1) is 8.35. The predicted octanol–water partition coefficient (Wildman–Crippen LogP) is 2.78. The summed E-state index contributed by atoms with van der Waals surface area (Å²) in [7, 11) is 0. The van der Waals surface area contributed by atoms with Gasteiger partial charge in [0, 0.05) is 15.8 Å². The van der Waals surface area contributed by atoms with Gasteiger partial charge in [0.15, 0.2) is 0 Å². The Kier molecular flexibility index (Phi) is 2.08. The van der Waals surface area contributed by atoms with Gasteiger partial charge in [-0.1, -0.05) is 35.9 Å². The maximum atomic E-state index is 6.02. The van der Waals surface area contributed by atoms with Crippen LogP contribution in [0.2, 0.25) is 5.02 Å². The molecule has 0 fully saturated rings. The second-order valence-electron chi connectivity index (χ2n) is 2.78. The lowest BCUT2D eigenvalue weighted by Crippen LogP contribution is -2.06. The zero-order chi connectivity index (χ0) is 9.26. The topological polar surface area (TPSA) is 38.0 Å². The number of hydrogen-bond donors (Lipinski definition) is 2. The quantitative estimate of drug-likeness (QED) is 0.539. The molecule has 0 aliphatic heterocycles. The van der Waals surface area contributed by atoms with Crippen LogP contribution in [0.25, 0.3) is 10.8 Å². The van der Waals surface area contributed by atoms with E-state index in [1.54, 1.807) is 0 Å². The van der Waals surface area contributed by atoms with Gasteiger partial charge in [0.1, 0.15) is 0 Å². The summed E-state index contributed by atoms with van der Waals surface area (Å²) in [6, 6.07) is 11.6. The van der Waals surface area contributed by atoms with Crippen molar-refractivity contribution in [3.05, 3.63) is 41.4 Å². The first-order valence-electron chi connectivity index (χ1n) is 3.97. The number of nitrogens with one attached hydrogen (secondary N) is 1. The summed E-state index contributed by atoms with van der Waals surface area (Å²) in [5.74, 6) is 5.37. The molecule has 0 aromatic heterocycles. The third kappa shape index (κ3) is 1.34. The highest BCUT2D eigenvalue weighted by molar-refractivity contribution is 6.35. The lowest BCUT2D eigenvalue weighted by atomic mass is 10.1. The monoisotopic (exact) mass is 192 g/mol. The molecule has 3 N–H and O–H groups in total. The minimum Gasteiger partial charge on any atom is -0.324 e. The summed E-state index contributed by atoms with van der Waals surface area (Å²) in [5, 5.41) is 2.80. The van der Waals surface area contributed by atoms with Crippen LogP contribution in [0.5, 0.6) is 0 Å². The summed E-state index contributed by atoms with van der Waals surface area (Å²) >= 11 is 6.02. The van der Waals surface area contributed by atoms with Crippen LogP contribution < -0.4 is 11.3 Å². The van der Waals surface area contributed by atoms with E-state index in [0.717, 1.165) is 21.5 Å². The molecule has 13 heavy (non-hydrogen) atoms. The average molecular weight is 193 g/mol. The Bertz CT molecular complexity index is 440. The van der Waals surface area contributed by atoms with Gasteiger partial charge < -0.3 is 5.43 Å². The third-order valence-corrected chi connectivity index (χ3v) is 2.35. The smallest absolute Gasteiger partial charge is 0.0564 e. The molecule has 0 unspecified atom stereocenters. The van der Waals surface area contributed by atoms with E-state index in [1.165, 1.54) is 0 Å². The number of halogens is 1. The molecular weight excluding hydrogens is 184 g/mol. The number of hydrogen-bond acceptors (Lipinski definition) is 2. The molecule has 2 aromatic carbocycles. The molecule has 0 radical (unpaired) electrons. The lowest BCUT2D eigenvalue weighted by Gasteiger charge is -2.05. The minimum absolute atomic E-state index is 0.745. The zero-order valence-electron chi connectivity index (χ0n) is 6.92. The van der Waals surface area contributed by atoms with Crippen molar-refractivity contribution in [1.82, 2.24) is 0 Å². The van der Waals surface area contributed by atoms with Crippen LogP contribution in [0, 0.1) is 0 Å². The van der Waals surface area contributed by atoms with Crippen molar-refractivity contribution in [3.8, 4) is 0 Å². The summed E-state index contributed by atoms with van der Waals surface area (Å²) in [4.78, 5) is 0. The largest absolute Gasteiger partial charge is 0.324 e. The van der Waals surface area contributed by atoms with E-state index >= 15 is 0 Å². The van der Waals surface area contributed by atoms with E-state index in [4.69, 9.17) is 17.4 Å². The van der Waals surface area contributed by atoms with Crippen LogP contribution in [0.1, 0.15) is 0 Å². The van der Waals surface area contributed by atoms with Crippen LogP contribution in [0.3, 0.4) is 0 Å². The molecule has 2 aromatic rings. The van der Waals surface area contributed by atoms with Crippen LogP contribution in [0.4, 0.5) is 5.69 Å². The van der Waals surface area contributed by atoms with Gasteiger partial charge in [-0.2, -0.15) is 0 Å². The molecule has 66 valence electrons.